The number of nitrogens with zero attached hydrogens (tertiary/aromatic N) is 2. The Morgan fingerprint density at radius 3 is 2.65 bits per heavy atom. The van der Waals surface area contributed by atoms with Crippen molar-refractivity contribution < 1.29 is 17.9 Å². The van der Waals surface area contributed by atoms with Gasteiger partial charge in [-0.3, -0.25) is 0 Å². The quantitative estimate of drug-likeness (QED) is 0.925. The molecule has 0 amide bonds. The highest BCUT2D eigenvalue weighted by Crippen LogP contribution is 2.34. The third-order valence-electron chi connectivity index (χ3n) is 3.25. The molecule has 0 aliphatic carbocycles. The van der Waals surface area contributed by atoms with Gasteiger partial charge in [0.25, 0.3) is 0 Å². The minimum atomic E-state index is -4.47. The molecule has 0 bridgehead atoms. The maximum Gasteiger partial charge on any atom is 0.433 e. The van der Waals surface area contributed by atoms with Crippen molar-refractivity contribution in [2.75, 3.05) is 13.2 Å². The van der Waals surface area contributed by atoms with Crippen LogP contribution in [0.5, 0.6) is 0 Å². The Kier molecular flexibility index (Phi) is 4.59. The van der Waals surface area contributed by atoms with E-state index in [9.17, 15) is 13.2 Å². The summed E-state index contributed by atoms with van der Waals surface area (Å²) in [6.45, 7) is 4.86. The fourth-order valence-corrected chi connectivity index (χ4v) is 2.32. The zero-order chi connectivity index (χ0) is 14.8. The van der Waals surface area contributed by atoms with Crippen molar-refractivity contribution in [2.24, 2.45) is 0 Å². The average molecular weight is 289 g/mol. The first-order valence-corrected chi connectivity index (χ1v) is 6.76. The maximum atomic E-state index is 13.2. The third kappa shape index (κ3) is 3.09. The lowest BCUT2D eigenvalue weighted by molar-refractivity contribution is -0.142. The van der Waals surface area contributed by atoms with Crippen LogP contribution in [-0.4, -0.2) is 23.1 Å². The van der Waals surface area contributed by atoms with Gasteiger partial charge in [0.15, 0.2) is 11.5 Å². The van der Waals surface area contributed by atoms with E-state index < -0.39 is 18.0 Å². The molecule has 0 radical (unpaired) electrons. The summed E-state index contributed by atoms with van der Waals surface area (Å²) in [4.78, 5) is 8.05. The van der Waals surface area contributed by atoms with Crippen LogP contribution in [-0.2, 0) is 23.9 Å². The summed E-state index contributed by atoms with van der Waals surface area (Å²) in [7, 11) is 0. The van der Waals surface area contributed by atoms with Gasteiger partial charge in [-0.1, -0.05) is 6.92 Å². The first-order chi connectivity index (χ1) is 9.47. The molecule has 2 heterocycles. The smallest absolute Gasteiger partial charge is 0.371 e. The van der Waals surface area contributed by atoms with Gasteiger partial charge in [-0.15, -0.1) is 0 Å². The van der Waals surface area contributed by atoms with Gasteiger partial charge in [-0.25, -0.2) is 9.97 Å². The number of nitrogens with one attached hydrogen (secondary N) is 1. The fourth-order valence-electron chi connectivity index (χ4n) is 2.32. The Balaban J connectivity index is 2.49. The lowest BCUT2D eigenvalue weighted by Gasteiger charge is -2.23. The second kappa shape index (κ2) is 6.05. The predicted molar refractivity (Wildman–Crippen MR) is 67.1 cm³/mol. The van der Waals surface area contributed by atoms with Crippen LogP contribution in [0.25, 0.3) is 0 Å². The monoisotopic (exact) mass is 289 g/mol. The summed E-state index contributed by atoms with van der Waals surface area (Å²) in [5, 5.41) is 2.93. The van der Waals surface area contributed by atoms with Crippen molar-refractivity contribution in [1.82, 2.24) is 15.3 Å². The van der Waals surface area contributed by atoms with E-state index in [1.54, 1.807) is 6.92 Å². The van der Waals surface area contributed by atoms with Crippen molar-refractivity contribution in [3.63, 3.8) is 0 Å². The molecule has 1 atom stereocenters. The van der Waals surface area contributed by atoms with Crippen molar-refractivity contribution in [1.29, 1.82) is 0 Å². The number of halogens is 3. The molecule has 1 aromatic heterocycles. The number of ether oxygens (including phenoxy) is 1. The summed E-state index contributed by atoms with van der Waals surface area (Å²) >= 11 is 0. The molecule has 1 N–H and O–H groups in total. The summed E-state index contributed by atoms with van der Waals surface area (Å²) in [6.07, 6.45) is -3.93. The molecule has 1 unspecified atom stereocenters. The number of fused-ring (bicyclic) bond motifs is 1. The van der Waals surface area contributed by atoms with Gasteiger partial charge in [-0.2, -0.15) is 13.2 Å². The Bertz CT molecular complexity index is 477. The first kappa shape index (κ1) is 15.2. The largest absolute Gasteiger partial charge is 0.433 e. The Labute approximate surface area is 115 Å². The summed E-state index contributed by atoms with van der Waals surface area (Å²) in [6, 6.07) is 0. The SMILES string of the molecule is CCOC(CC)c1nc2c(c(C(F)(F)F)n1)CNCC2. The second-order valence-corrected chi connectivity index (χ2v) is 4.63. The molecule has 7 heteroatoms. The van der Waals surface area contributed by atoms with Crippen LogP contribution in [0.4, 0.5) is 13.2 Å². The molecule has 0 aromatic carbocycles. The van der Waals surface area contributed by atoms with Crippen LogP contribution in [0.15, 0.2) is 0 Å². The number of rotatable bonds is 4. The van der Waals surface area contributed by atoms with Gasteiger partial charge in [-0.05, 0) is 13.3 Å². The zero-order valence-electron chi connectivity index (χ0n) is 11.5. The Hall–Kier alpha value is -1.21. The van der Waals surface area contributed by atoms with Crippen LogP contribution in [0.3, 0.4) is 0 Å². The molecule has 4 nitrogen and oxygen atoms in total. The minimum absolute atomic E-state index is 0.141. The van der Waals surface area contributed by atoms with Crippen molar-refractivity contribution >= 4 is 0 Å². The van der Waals surface area contributed by atoms with Gasteiger partial charge in [0.05, 0.1) is 5.69 Å². The lowest BCUT2D eigenvalue weighted by Crippen LogP contribution is -2.30. The van der Waals surface area contributed by atoms with Crippen LogP contribution in [0.1, 0.15) is 49.1 Å². The molecule has 20 heavy (non-hydrogen) atoms. The molecule has 1 aliphatic heterocycles. The summed E-state index contributed by atoms with van der Waals surface area (Å²) < 4.78 is 44.9. The fraction of sp³-hybridized carbons (Fsp3) is 0.692. The number of hydrogen-bond acceptors (Lipinski definition) is 4. The molecule has 0 saturated heterocycles. The van der Waals surface area contributed by atoms with E-state index in [0.717, 1.165) is 0 Å². The summed E-state index contributed by atoms with van der Waals surface area (Å²) in [5.74, 6) is 0.141. The normalized spacial score (nSPS) is 16.9. The zero-order valence-corrected chi connectivity index (χ0v) is 11.5. The maximum absolute atomic E-state index is 13.2. The van der Waals surface area contributed by atoms with Gasteiger partial charge in [0, 0.05) is 31.7 Å². The molecular weight excluding hydrogens is 271 g/mol. The van der Waals surface area contributed by atoms with Crippen molar-refractivity contribution in [3.8, 4) is 0 Å². The molecule has 0 fully saturated rings. The lowest BCUT2D eigenvalue weighted by atomic mass is 10.0. The van der Waals surface area contributed by atoms with Crippen LogP contribution in [0, 0.1) is 0 Å². The van der Waals surface area contributed by atoms with Crippen molar-refractivity contribution in [3.05, 3.63) is 22.8 Å². The Morgan fingerprint density at radius 2 is 2.05 bits per heavy atom. The highest BCUT2D eigenvalue weighted by atomic mass is 19.4. The van der Waals surface area contributed by atoms with Gasteiger partial charge in [0.1, 0.15) is 6.10 Å². The molecule has 2 rings (SSSR count). The highest BCUT2D eigenvalue weighted by Gasteiger charge is 2.38. The topological polar surface area (TPSA) is 47.0 Å². The number of alkyl halides is 3. The Morgan fingerprint density at radius 1 is 1.30 bits per heavy atom. The van der Waals surface area contributed by atoms with E-state index >= 15 is 0 Å². The predicted octanol–water partition coefficient (Wildman–Crippen LogP) is 2.63. The summed E-state index contributed by atoms with van der Waals surface area (Å²) in [5.41, 5.74) is -0.180. The van der Waals surface area contributed by atoms with Crippen molar-refractivity contribution in [2.45, 2.75) is 45.5 Å². The van der Waals surface area contributed by atoms with E-state index in [2.05, 4.69) is 15.3 Å². The van der Waals surface area contributed by atoms with Gasteiger partial charge in [0.2, 0.25) is 0 Å². The number of aromatic nitrogens is 2. The van der Waals surface area contributed by atoms with E-state index in [-0.39, 0.29) is 17.9 Å². The van der Waals surface area contributed by atoms with Crippen LogP contribution >= 0.6 is 0 Å². The highest BCUT2D eigenvalue weighted by molar-refractivity contribution is 5.30. The average Bonchev–Trinajstić information content (AvgIpc) is 2.42. The van der Waals surface area contributed by atoms with E-state index in [0.29, 0.717) is 31.7 Å². The first-order valence-electron chi connectivity index (χ1n) is 6.76. The van der Waals surface area contributed by atoms with E-state index in [4.69, 9.17) is 4.74 Å². The van der Waals surface area contributed by atoms with Gasteiger partial charge >= 0.3 is 6.18 Å². The molecule has 0 saturated carbocycles. The molecule has 112 valence electrons. The van der Waals surface area contributed by atoms with E-state index in [1.807, 2.05) is 6.92 Å². The minimum Gasteiger partial charge on any atom is -0.371 e. The molecular formula is C13H18F3N3O. The second-order valence-electron chi connectivity index (χ2n) is 4.63. The van der Waals surface area contributed by atoms with Crippen LogP contribution in [0.2, 0.25) is 0 Å². The third-order valence-corrected chi connectivity index (χ3v) is 3.25. The van der Waals surface area contributed by atoms with Crippen LogP contribution < -0.4 is 5.32 Å². The number of hydrogen-bond donors (Lipinski definition) is 1. The molecule has 1 aliphatic rings. The standard InChI is InChI=1S/C13H18F3N3O/c1-3-10(20-4-2)12-18-9-5-6-17-7-8(9)11(19-12)13(14,15)16/h10,17H,3-7H2,1-2H3. The molecule has 0 spiro atoms. The van der Waals surface area contributed by atoms with E-state index in [1.165, 1.54) is 0 Å². The van der Waals surface area contributed by atoms with Gasteiger partial charge < -0.3 is 10.1 Å². The molecule has 1 aromatic rings.